The molecule has 1 aromatic heterocycles. The summed E-state index contributed by atoms with van der Waals surface area (Å²) in [6.07, 6.45) is 2.84. The zero-order valence-corrected chi connectivity index (χ0v) is 8.35. The number of aromatic carboxylic acids is 1. The molecule has 1 N–H and O–H groups in total. The van der Waals surface area contributed by atoms with Gasteiger partial charge >= 0.3 is 5.97 Å². The molecule has 15 heavy (non-hydrogen) atoms. The van der Waals surface area contributed by atoms with Gasteiger partial charge in [-0.25, -0.2) is 9.78 Å². The lowest BCUT2D eigenvalue weighted by Crippen LogP contribution is -1.96. The summed E-state index contributed by atoms with van der Waals surface area (Å²) < 4.78 is 1.58. The molecule has 0 aliphatic rings. The molecular formula is C10H7ClN2O2. The number of benzene rings is 1. The van der Waals surface area contributed by atoms with E-state index in [2.05, 4.69) is 4.98 Å². The van der Waals surface area contributed by atoms with Gasteiger partial charge in [0.1, 0.15) is 6.33 Å². The minimum absolute atomic E-state index is 0.00470. The van der Waals surface area contributed by atoms with Gasteiger partial charge in [-0.1, -0.05) is 23.7 Å². The Kier molecular flexibility index (Phi) is 2.43. The molecule has 2 rings (SSSR count). The summed E-state index contributed by atoms with van der Waals surface area (Å²) in [4.78, 5) is 14.4. The van der Waals surface area contributed by atoms with Gasteiger partial charge in [-0.3, -0.25) is 0 Å². The molecule has 5 heteroatoms. The Labute approximate surface area is 90.8 Å². The van der Waals surface area contributed by atoms with Crippen LogP contribution in [0.1, 0.15) is 10.5 Å². The van der Waals surface area contributed by atoms with Crippen molar-refractivity contribution in [3.05, 3.63) is 47.5 Å². The number of carboxylic acid groups (broad SMARTS) is 1. The van der Waals surface area contributed by atoms with E-state index in [0.717, 1.165) is 0 Å². The molecule has 4 nitrogen and oxygen atoms in total. The van der Waals surface area contributed by atoms with Gasteiger partial charge in [0.2, 0.25) is 0 Å². The quantitative estimate of drug-likeness (QED) is 0.848. The topological polar surface area (TPSA) is 55.1 Å². The molecule has 0 saturated carbocycles. The lowest BCUT2D eigenvalue weighted by molar-refractivity contribution is 0.0691. The highest BCUT2D eigenvalue weighted by Gasteiger charge is 2.08. The number of para-hydroxylation sites is 1. The van der Waals surface area contributed by atoms with Gasteiger partial charge < -0.3 is 9.67 Å². The van der Waals surface area contributed by atoms with Gasteiger partial charge in [0.15, 0.2) is 5.69 Å². The van der Waals surface area contributed by atoms with Gasteiger partial charge in [-0.05, 0) is 12.1 Å². The van der Waals surface area contributed by atoms with Gasteiger partial charge in [-0.2, -0.15) is 0 Å². The van der Waals surface area contributed by atoms with Crippen molar-refractivity contribution in [3.8, 4) is 5.69 Å². The molecule has 0 saturated heterocycles. The monoisotopic (exact) mass is 222 g/mol. The first-order valence-corrected chi connectivity index (χ1v) is 4.58. The molecule has 76 valence electrons. The van der Waals surface area contributed by atoms with Crippen LogP contribution in [0.3, 0.4) is 0 Å². The van der Waals surface area contributed by atoms with Crippen LogP contribution in [0.25, 0.3) is 5.69 Å². The molecule has 2 aromatic rings. The number of aromatic nitrogens is 2. The number of carboxylic acids is 1. The lowest BCUT2D eigenvalue weighted by atomic mass is 10.3. The molecule has 0 spiro atoms. The Morgan fingerprint density at radius 3 is 2.73 bits per heavy atom. The minimum Gasteiger partial charge on any atom is -0.476 e. The number of carbonyl (C=O) groups is 1. The molecule has 0 atom stereocenters. The van der Waals surface area contributed by atoms with Crippen molar-refractivity contribution in [2.75, 3.05) is 0 Å². The van der Waals surface area contributed by atoms with Crippen LogP contribution in [-0.4, -0.2) is 20.6 Å². The molecule has 0 aliphatic heterocycles. The van der Waals surface area contributed by atoms with E-state index in [1.807, 2.05) is 6.07 Å². The van der Waals surface area contributed by atoms with Crippen molar-refractivity contribution in [2.45, 2.75) is 0 Å². The van der Waals surface area contributed by atoms with Crippen molar-refractivity contribution in [3.63, 3.8) is 0 Å². The van der Waals surface area contributed by atoms with Crippen molar-refractivity contribution < 1.29 is 9.90 Å². The van der Waals surface area contributed by atoms with Crippen LogP contribution in [0.15, 0.2) is 36.8 Å². The first-order chi connectivity index (χ1) is 7.18. The lowest BCUT2D eigenvalue weighted by Gasteiger charge is -2.02. The Hall–Kier alpha value is -1.81. The van der Waals surface area contributed by atoms with E-state index in [1.54, 1.807) is 22.8 Å². The third-order valence-corrected chi connectivity index (χ3v) is 2.25. The number of nitrogens with zero attached hydrogens (tertiary/aromatic N) is 2. The molecule has 1 heterocycles. The van der Waals surface area contributed by atoms with Crippen LogP contribution in [0.4, 0.5) is 0 Å². The fourth-order valence-electron chi connectivity index (χ4n) is 1.23. The van der Waals surface area contributed by atoms with Crippen molar-refractivity contribution in [2.24, 2.45) is 0 Å². The maximum Gasteiger partial charge on any atom is 0.356 e. The van der Waals surface area contributed by atoms with Crippen molar-refractivity contribution in [1.82, 2.24) is 9.55 Å². The van der Waals surface area contributed by atoms with E-state index >= 15 is 0 Å². The Morgan fingerprint density at radius 1 is 1.40 bits per heavy atom. The molecule has 0 aliphatic carbocycles. The maximum absolute atomic E-state index is 10.6. The van der Waals surface area contributed by atoms with Crippen molar-refractivity contribution in [1.29, 1.82) is 0 Å². The summed E-state index contributed by atoms with van der Waals surface area (Å²) in [6.45, 7) is 0. The van der Waals surface area contributed by atoms with E-state index in [1.165, 1.54) is 12.5 Å². The van der Waals surface area contributed by atoms with E-state index in [9.17, 15) is 4.79 Å². The highest BCUT2D eigenvalue weighted by atomic mass is 35.5. The standard InChI is InChI=1S/C10H7ClN2O2/c11-7-3-1-2-4-9(7)13-5-8(10(14)15)12-6-13/h1-6H,(H,14,15). The van der Waals surface area contributed by atoms with Gasteiger partial charge in [-0.15, -0.1) is 0 Å². The van der Waals surface area contributed by atoms with E-state index in [-0.39, 0.29) is 5.69 Å². The first-order valence-electron chi connectivity index (χ1n) is 4.20. The van der Waals surface area contributed by atoms with E-state index in [4.69, 9.17) is 16.7 Å². The normalized spacial score (nSPS) is 10.2. The maximum atomic E-state index is 10.6. The van der Waals surface area contributed by atoms with E-state index < -0.39 is 5.97 Å². The van der Waals surface area contributed by atoms with Crippen LogP contribution in [0, 0.1) is 0 Å². The largest absolute Gasteiger partial charge is 0.476 e. The van der Waals surface area contributed by atoms with E-state index in [0.29, 0.717) is 10.7 Å². The average molecular weight is 223 g/mol. The summed E-state index contributed by atoms with van der Waals surface area (Å²) in [6, 6.07) is 7.15. The minimum atomic E-state index is -1.05. The second-order valence-electron chi connectivity index (χ2n) is 2.92. The molecule has 1 aromatic carbocycles. The zero-order valence-electron chi connectivity index (χ0n) is 7.59. The molecule has 0 amide bonds. The third kappa shape index (κ3) is 1.85. The van der Waals surface area contributed by atoms with Gasteiger partial charge in [0.05, 0.1) is 10.7 Å². The third-order valence-electron chi connectivity index (χ3n) is 1.93. The molecule has 0 bridgehead atoms. The van der Waals surface area contributed by atoms with Crippen molar-refractivity contribution >= 4 is 17.6 Å². The van der Waals surface area contributed by atoms with Crippen LogP contribution in [-0.2, 0) is 0 Å². The van der Waals surface area contributed by atoms with Gasteiger partial charge in [0.25, 0.3) is 0 Å². The predicted octanol–water partition coefficient (Wildman–Crippen LogP) is 2.22. The number of hydrogen-bond donors (Lipinski definition) is 1. The zero-order chi connectivity index (χ0) is 10.8. The number of rotatable bonds is 2. The molecular weight excluding hydrogens is 216 g/mol. The highest BCUT2D eigenvalue weighted by molar-refractivity contribution is 6.32. The second-order valence-corrected chi connectivity index (χ2v) is 3.33. The summed E-state index contributed by atoms with van der Waals surface area (Å²) >= 11 is 5.95. The Morgan fingerprint density at radius 2 is 2.13 bits per heavy atom. The molecule has 0 unspecified atom stereocenters. The summed E-state index contributed by atoms with van der Waals surface area (Å²) in [5, 5.41) is 9.25. The molecule has 0 fully saturated rings. The first kappa shape index (κ1) is 9.73. The van der Waals surface area contributed by atoms with Crippen LogP contribution >= 0.6 is 11.6 Å². The summed E-state index contributed by atoms with van der Waals surface area (Å²) in [5.74, 6) is -1.05. The SMILES string of the molecule is O=C(O)c1cn(-c2ccccc2Cl)cn1. The molecule has 0 radical (unpaired) electrons. The average Bonchev–Trinajstić information content (AvgIpc) is 2.67. The second kappa shape index (κ2) is 3.74. The highest BCUT2D eigenvalue weighted by Crippen LogP contribution is 2.19. The summed E-state index contributed by atoms with van der Waals surface area (Å²) in [5.41, 5.74) is 0.703. The number of hydrogen-bond acceptors (Lipinski definition) is 2. The van der Waals surface area contributed by atoms with Gasteiger partial charge in [0, 0.05) is 6.20 Å². The summed E-state index contributed by atoms with van der Waals surface area (Å²) in [7, 11) is 0. The smallest absolute Gasteiger partial charge is 0.356 e. The predicted molar refractivity (Wildman–Crippen MR) is 55.5 cm³/mol. The fraction of sp³-hybridized carbons (Fsp3) is 0. The fourth-order valence-corrected chi connectivity index (χ4v) is 1.46. The number of halogens is 1. The Balaban J connectivity index is 2.46. The number of imidazole rings is 1. The van der Waals surface area contributed by atoms with Crippen LogP contribution in [0.2, 0.25) is 5.02 Å². The van der Waals surface area contributed by atoms with Crippen LogP contribution < -0.4 is 0 Å². The Bertz CT molecular complexity index is 508. The van der Waals surface area contributed by atoms with Crippen LogP contribution in [0.5, 0.6) is 0 Å².